The number of carbonyl (C=O) groups excluding carboxylic acids is 1. The van der Waals surface area contributed by atoms with Crippen LogP contribution in [0, 0.1) is 0 Å². The third-order valence-electron chi connectivity index (χ3n) is 2.29. The highest BCUT2D eigenvalue weighted by Crippen LogP contribution is 2.21. The molecule has 1 unspecified atom stereocenters. The summed E-state index contributed by atoms with van der Waals surface area (Å²) >= 11 is 5.79. The molecule has 4 heteroatoms. The molecule has 16 heavy (non-hydrogen) atoms. The number of carbonyl (C=O) groups is 1. The Morgan fingerprint density at radius 2 is 1.94 bits per heavy atom. The van der Waals surface area contributed by atoms with Crippen molar-refractivity contribution in [2.75, 3.05) is 0 Å². The van der Waals surface area contributed by atoms with Gasteiger partial charge in [0.1, 0.15) is 12.6 Å². The molecule has 0 radical (unpaired) electrons. The Kier molecular flexibility index (Phi) is 3.27. The van der Waals surface area contributed by atoms with Crippen LogP contribution in [0.1, 0.15) is 17.2 Å². The molecule has 0 aliphatic heterocycles. The maximum atomic E-state index is 11.1. The van der Waals surface area contributed by atoms with Crippen LogP contribution in [0.25, 0.3) is 0 Å². The number of hydrogen-bond donors (Lipinski definition) is 0. The second-order valence-corrected chi connectivity index (χ2v) is 3.74. The van der Waals surface area contributed by atoms with Gasteiger partial charge in [-0.15, -0.1) is 0 Å². The first-order valence-corrected chi connectivity index (χ1v) is 5.15. The zero-order valence-corrected chi connectivity index (χ0v) is 9.13. The summed E-state index contributed by atoms with van der Waals surface area (Å²) in [5.41, 5.74) is 1.56. The molecule has 1 heterocycles. The lowest BCUT2D eigenvalue weighted by Gasteiger charge is -2.09. The van der Waals surface area contributed by atoms with Gasteiger partial charge in [-0.3, -0.25) is 0 Å². The van der Waals surface area contributed by atoms with Crippen LogP contribution < -0.4 is 0 Å². The zero-order chi connectivity index (χ0) is 11.4. The molecule has 80 valence electrons. The number of aldehydes is 1. The highest BCUT2D eigenvalue weighted by atomic mass is 35.5. The summed E-state index contributed by atoms with van der Waals surface area (Å²) in [6.07, 6.45) is 3.92. The molecule has 0 saturated carbocycles. The molecule has 1 aromatic carbocycles. The summed E-state index contributed by atoms with van der Waals surface area (Å²) < 4.78 is 0. The molecule has 0 N–H and O–H groups in total. The first-order chi connectivity index (χ1) is 7.81. The fourth-order valence-corrected chi connectivity index (χ4v) is 1.60. The smallest absolute Gasteiger partial charge is 0.133 e. The summed E-state index contributed by atoms with van der Waals surface area (Å²) in [4.78, 5) is 19.0. The predicted octanol–water partition coefficient (Wildman–Crippen LogP) is 2.46. The summed E-state index contributed by atoms with van der Waals surface area (Å²) in [5, 5.41) is 0.649. The maximum Gasteiger partial charge on any atom is 0.133 e. The van der Waals surface area contributed by atoms with E-state index >= 15 is 0 Å². The Bertz CT molecular complexity index is 470. The van der Waals surface area contributed by atoms with E-state index in [-0.39, 0.29) is 5.92 Å². The lowest BCUT2D eigenvalue weighted by molar-refractivity contribution is -0.108. The minimum atomic E-state index is -0.361. The first-order valence-electron chi connectivity index (χ1n) is 4.78. The highest BCUT2D eigenvalue weighted by Gasteiger charge is 2.13. The molecule has 1 atom stereocenters. The van der Waals surface area contributed by atoms with Crippen LogP contribution >= 0.6 is 11.6 Å². The summed E-state index contributed by atoms with van der Waals surface area (Å²) in [5.74, 6) is -0.361. The van der Waals surface area contributed by atoms with Crippen molar-refractivity contribution in [1.82, 2.24) is 9.97 Å². The van der Waals surface area contributed by atoms with Gasteiger partial charge in [-0.25, -0.2) is 9.97 Å². The van der Waals surface area contributed by atoms with Gasteiger partial charge in [0.25, 0.3) is 0 Å². The Morgan fingerprint density at radius 1 is 1.19 bits per heavy atom. The van der Waals surface area contributed by atoms with E-state index in [0.29, 0.717) is 10.7 Å². The van der Waals surface area contributed by atoms with Crippen LogP contribution in [0.3, 0.4) is 0 Å². The lowest BCUT2D eigenvalue weighted by atomic mass is 9.97. The van der Waals surface area contributed by atoms with E-state index in [2.05, 4.69) is 9.97 Å². The minimum Gasteiger partial charge on any atom is -0.302 e. The molecule has 0 aliphatic rings. The molecule has 0 saturated heterocycles. The van der Waals surface area contributed by atoms with Crippen LogP contribution in [0.4, 0.5) is 0 Å². The van der Waals surface area contributed by atoms with Crippen molar-refractivity contribution in [2.45, 2.75) is 5.92 Å². The fourth-order valence-electron chi connectivity index (χ4n) is 1.47. The number of benzene rings is 1. The Labute approximate surface area is 98.1 Å². The van der Waals surface area contributed by atoms with Gasteiger partial charge in [-0.1, -0.05) is 23.7 Å². The van der Waals surface area contributed by atoms with Crippen molar-refractivity contribution in [2.24, 2.45) is 0 Å². The number of hydrogen-bond acceptors (Lipinski definition) is 3. The third-order valence-corrected chi connectivity index (χ3v) is 2.54. The first kappa shape index (κ1) is 10.8. The van der Waals surface area contributed by atoms with E-state index in [4.69, 9.17) is 11.6 Å². The van der Waals surface area contributed by atoms with Gasteiger partial charge in [0.2, 0.25) is 0 Å². The van der Waals surface area contributed by atoms with Gasteiger partial charge in [0.05, 0.1) is 11.6 Å². The SMILES string of the molecule is O=CC(c1ccc(Cl)cc1)c1ccncn1. The molecule has 0 spiro atoms. The monoisotopic (exact) mass is 232 g/mol. The summed E-state index contributed by atoms with van der Waals surface area (Å²) in [6.45, 7) is 0. The van der Waals surface area contributed by atoms with Crippen LogP contribution in [-0.2, 0) is 4.79 Å². The van der Waals surface area contributed by atoms with E-state index in [1.165, 1.54) is 6.33 Å². The molecule has 0 bridgehead atoms. The van der Waals surface area contributed by atoms with E-state index in [1.807, 2.05) is 12.1 Å². The van der Waals surface area contributed by atoms with Crippen molar-refractivity contribution >= 4 is 17.9 Å². The van der Waals surface area contributed by atoms with Gasteiger partial charge < -0.3 is 4.79 Å². The molecule has 0 fully saturated rings. The van der Waals surface area contributed by atoms with Crippen molar-refractivity contribution in [3.63, 3.8) is 0 Å². The van der Waals surface area contributed by atoms with Crippen molar-refractivity contribution < 1.29 is 4.79 Å². The molecule has 2 rings (SSSR count). The van der Waals surface area contributed by atoms with E-state index in [1.54, 1.807) is 24.4 Å². The second kappa shape index (κ2) is 4.86. The van der Waals surface area contributed by atoms with Crippen molar-refractivity contribution in [3.05, 3.63) is 59.1 Å². The minimum absolute atomic E-state index is 0.361. The van der Waals surface area contributed by atoms with Crippen LogP contribution in [-0.4, -0.2) is 16.3 Å². The number of rotatable bonds is 3. The maximum absolute atomic E-state index is 11.1. The molecular formula is C12H9ClN2O. The number of halogens is 1. The highest BCUT2D eigenvalue weighted by molar-refractivity contribution is 6.30. The molecule has 0 aliphatic carbocycles. The Hall–Kier alpha value is -1.74. The van der Waals surface area contributed by atoms with Crippen molar-refractivity contribution in [1.29, 1.82) is 0 Å². The molecule has 2 aromatic rings. The largest absolute Gasteiger partial charge is 0.302 e. The third kappa shape index (κ3) is 2.25. The molecule has 1 aromatic heterocycles. The lowest BCUT2D eigenvalue weighted by Crippen LogP contribution is -2.04. The van der Waals surface area contributed by atoms with Gasteiger partial charge in [0.15, 0.2) is 0 Å². The van der Waals surface area contributed by atoms with Crippen LogP contribution in [0.15, 0.2) is 42.9 Å². The molecule has 0 amide bonds. The Balaban J connectivity index is 2.37. The average molecular weight is 233 g/mol. The standard InChI is InChI=1S/C12H9ClN2O/c13-10-3-1-9(2-4-10)11(7-16)12-5-6-14-8-15-12/h1-8,11H. The molecular weight excluding hydrogens is 224 g/mol. The number of nitrogens with zero attached hydrogens (tertiary/aromatic N) is 2. The Morgan fingerprint density at radius 3 is 2.50 bits per heavy atom. The fraction of sp³-hybridized carbons (Fsp3) is 0.0833. The van der Waals surface area contributed by atoms with Gasteiger partial charge >= 0.3 is 0 Å². The van der Waals surface area contributed by atoms with Crippen LogP contribution in [0.5, 0.6) is 0 Å². The summed E-state index contributed by atoms with van der Waals surface area (Å²) in [6, 6.07) is 8.89. The predicted molar refractivity (Wildman–Crippen MR) is 61.4 cm³/mol. The van der Waals surface area contributed by atoms with Gasteiger partial charge in [-0.05, 0) is 23.8 Å². The van der Waals surface area contributed by atoms with Gasteiger partial charge in [-0.2, -0.15) is 0 Å². The molecule has 3 nitrogen and oxygen atoms in total. The van der Waals surface area contributed by atoms with E-state index in [0.717, 1.165) is 11.8 Å². The summed E-state index contributed by atoms with van der Waals surface area (Å²) in [7, 11) is 0. The van der Waals surface area contributed by atoms with Crippen molar-refractivity contribution in [3.8, 4) is 0 Å². The van der Waals surface area contributed by atoms with Crippen LogP contribution in [0.2, 0.25) is 5.02 Å². The van der Waals surface area contributed by atoms with E-state index in [9.17, 15) is 4.79 Å². The second-order valence-electron chi connectivity index (χ2n) is 3.30. The number of aromatic nitrogens is 2. The quantitative estimate of drug-likeness (QED) is 0.764. The zero-order valence-electron chi connectivity index (χ0n) is 8.38. The topological polar surface area (TPSA) is 42.9 Å². The van der Waals surface area contributed by atoms with Gasteiger partial charge in [0, 0.05) is 11.2 Å². The normalized spacial score (nSPS) is 12.1. The average Bonchev–Trinajstić information content (AvgIpc) is 2.34. The van der Waals surface area contributed by atoms with E-state index < -0.39 is 0 Å².